The summed E-state index contributed by atoms with van der Waals surface area (Å²) >= 11 is 0. The van der Waals surface area contributed by atoms with E-state index in [0.29, 0.717) is 49.0 Å². The largest absolute Gasteiger partial charge is 0.434 e. The van der Waals surface area contributed by atoms with Crippen LogP contribution in [0.3, 0.4) is 0 Å². The van der Waals surface area contributed by atoms with Gasteiger partial charge in [-0.3, -0.25) is 9.59 Å². The van der Waals surface area contributed by atoms with Crippen LogP contribution in [0.25, 0.3) is 11.1 Å². The van der Waals surface area contributed by atoms with Crippen LogP contribution < -0.4 is 20.3 Å². The third-order valence-corrected chi connectivity index (χ3v) is 7.53. The van der Waals surface area contributed by atoms with E-state index in [-0.39, 0.29) is 36.3 Å². The number of piperazine rings is 1. The topological polar surface area (TPSA) is 109 Å². The van der Waals surface area contributed by atoms with Crippen LogP contribution in [0.2, 0.25) is 0 Å². The fourth-order valence-corrected chi connectivity index (χ4v) is 5.17. The van der Waals surface area contributed by atoms with Crippen molar-refractivity contribution in [3.8, 4) is 16.9 Å². The highest BCUT2D eigenvalue weighted by atomic mass is 19.3. The smallest absolute Gasteiger partial charge is 0.387 e. The van der Waals surface area contributed by atoms with Crippen LogP contribution in [0.15, 0.2) is 48.8 Å². The Bertz CT molecular complexity index is 1430. The molecule has 0 radical (unpaired) electrons. The predicted molar refractivity (Wildman–Crippen MR) is 154 cm³/mol. The number of rotatable bonds is 9. The van der Waals surface area contributed by atoms with Gasteiger partial charge in [0.15, 0.2) is 0 Å². The normalized spacial score (nSPS) is 18.4. The SMILES string of the molecule is CNC(=O)c1ccc(-c2cnc(N3CCN(C(=O)C4CCO4)[C@H](C)C3)nc2)cc1NCc1cc(C)ccc1OC(F)F. The minimum absolute atomic E-state index is 0.00428. The van der Waals surface area contributed by atoms with E-state index >= 15 is 0 Å². The molecule has 2 fully saturated rings. The molecule has 2 aliphatic heterocycles. The Balaban J connectivity index is 1.31. The van der Waals surface area contributed by atoms with Gasteiger partial charge < -0.3 is 29.9 Å². The zero-order valence-corrected chi connectivity index (χ0v) is 23.8. The first kappa shape index (κ1) is 29.2. The van der Waals surface area contributed by atoms with E-state index in [1.54, 1.807) is 49.8 Å². The van der Waals surface area contributed by atoms with Gasteiger partial charge in [-0.05, 0) is 37.6 Å². The molecule has 2 aromatic carbocycles. The second-order valence-electron chi connectivity index (χ2n) is 10.4. The van der Waals surface area contributed by atoms with Crippen molar-refractivity contribution in [3.05, 3.63) is 65.5 Å². The Hall–Kier alpha value is -4.32. The van der Waals surface area contributed by atoms with Crippen molar-refractivity contribution in [1.29, 1.82) is 0 Å². The van der Waals surface area contributed by atoms with Crippen LogP contribution in [-0.2, 0) is 16.1 Å². The quantitative estimate of drug-likeness (QED) is 0.393. The lowest BCUT2D eigenvalue weighted by molar-refractivity contribution is -0.158. The minimum Gasteiger partial charge on any atom is -0.434 e. The molecule has 0 bridgehead atoms. The van der Waals surface area contributed by atoms with Gasteiger partial charge in [-0.15, -0.1) is 0 Å². The minimum atomic E-state index is -2.95. The molecule has 2 amide bonds. The molecule has 3 heterocycles. The number of ether oxygens (including phenoxy) is 2. The first-order chi connectivity index (χ1) is 20.2. The summed E-state index contributed by atoms with van der Waals surface area (Å²) in [5, 5.41) is 5.85. The van der Waals surface area contributed by atoms with Crippen LogP contribution in [0.1, 0.15) is 34.8 Å². The van der Waals surface area contributed by atoms with Crippen LogP contribution >= 0.6 is 0 Å². The molecule has 3 aromatic rings. The van der Waals surface area contributed by atoms with Gasteiger partial charge in [0.05, 0.1) is 12.2 Å². The summed E-state index contributed by atoms with van der Waals surface area (Å²) in [4.78, 5) is 38.3. The number of carbonyl (C=O) groups is 2. The molecule has 2 N–H and O–H groups in total. The van der Waals surface area contributed by atoms with Crippen molar-refractivity contribution in [2.45, 2.75) is 45.6 Å². The third kappa shape index (κ3) is 6.43. The highest BCUT2D eigenvalue weighted by Gasteiger charge is 2.35. The zero-order chi connectivity index (χ0) is 29.8. The number of anilines is 2. The highest BCUT2D eigenvalue weighted by molar-refractivity contribution is 6.00. The van der Waals surface area contributed by atoms with Crippen molar-refractivity contribution < 1.29 is 27.8 Å². The van der Waals surface area contributed by atoms with Gasteiger partial charge in [-0.1, -0.05) is 23.8 Å². The van der Waals surface area contributed by atoms with Gasteiger partial charge in [-0.2, -0.15) is 8.78 Å². The number of aromatic nitrogens is 2. The predicted octanol–water partition coefficient (Wildman–Crippen LogP) is 3.85. The van der Waals surface area contributed by atoms with Crippen molar-refractivity contribution >= 4 is 23.5 Å². The van der Waals surface area contributed by atoms with Crippen LogP contribution in [0, 0.1) is 6.92 Å². The second-order valence-corrected chi connectivity index (χ2v) is 10.4. The van der Waals surface area contributed by atoms with E-state index in [9.17, 15) is 18.4 Å². The lowest BCUT2D eigenvalue weighted by Gasteiger charge is -2.42. The summed E-state index contributed by atoms with van der Waals surface area (Å²) < 4.78 is 36.0. The molecule has 222 valence electrons. The second kappa shape index (κ2) is 12.7. The van der Waals surface area contributed by atoms with Gasteiger partial charge in [0.25, 0.3) is 11.8 Å². The van der Waals surface area contributed by atoms with E-state index in [1.807, 2.05) is 18.7 Å². The Labute approximate surface area is 243 Å². The first-order valence-corrected chi connectivity index (χ1v) is 13.9. The van der Waals surface area contributed by atoms with Crippen LogP contribution in [0.4, 0.5) is 20.4 Å². The van der Waals surface area contributed by atoms with Crippen molar-refractivity contribution in [2.24, 2.45) is 0 Å². The lowest BCUT2D eigenvalue weighted by Crippen LogP contribution is -2.58. The van der Waals surface area contributed by atoms with Gasteiger partial charge in [-0.25, -0.2) is 9.97 Å². The molecule has 1 unspecified atom stereocenters. The number of alkyl halides is 2. The number of benzene rings is 2. The fraction of sp³-hybridized carbons (Fsp3) is 0.400. The molecule has 0 saturated carbocycles. The molecule has 0 spiro atoms. The number of amides is 2. The summed E-state index contributed by atoms with van der Waals surface area (Å²) in [7, 11) is 1.54. The summed E-state index contributed by atoms with van der Waals surface area (Å²) in [5.74, 6) is 0.401. The number of carbonyl (C=O) groups excluding carboxylic acids is 2. The number of hydrogen-bond donors (Lipinski definition) is 2. The summed E-state index contributed by atoms with van der Waals surface area (Å²) in [6, 6.07) is 10.3. The van der Waals surface area contributed by atoms with Crippen LogP contribution in [-0.4, -0.2) is 78.7 Å². The molecular formula is C30H34F2N6O4. The Morgan fingerprint density at radius 2 is 1.88 bits per heavy atom. The van der Waals surface area contributed by atoms with E-state index in [0.717, 1.165) is 23.1 Å². The van der Waals surface area contributed by atoms with E-state index in [4.69, 9.17) is 4.74 Å². The molecule has 1 aromatic heterocycles. The average molecular weight is 581 g/mol. The standard InChI is InChI=1S/C30H34F2N6O4/c1-18-4-7-25(42-29(31)32)21(12-18)14-34-24-13-20(5-6-23(24)27(39)33-3)22-15-35-30(36-16-22)37-9-10-38(19(2)17-37)28(40)26-8-11-41-26/h4-7,12-13,15-16,19,26,29,34H,8-11,14,17H2,1-3H3,(H,33,39)/t19-,26?/m1/s1. The molecule has 2 atom stereocenters. The van der Waals surface area contributed by atoms with E-state index in [1.165, 1.54) is 6.07 Å². The number of aryl methyl sites for hydroxylation is 1. The molecule has 0 aliphatic carbocycles. The Morgan fingerprint density at radius 1 is 1.12 bits per heavy atom. The monoisotopic (exact) mass is 580 g/mol. The third-order valence-electron chi connectivity index (χ3n) is 7.53. The summed E-state index contributed by atoms with van der Waals surface area (Å²) in [6.07, 6.45) is 3.91. The zero-order valence-electron chi connectivity index (χ0n) is 23.8. The fourth-order valence-electron chi connectivity index (χ4n) is 5.17. The highest BCUT2D eigenvalue weighted by Crippen LogP contribution is 2.29. The maximum absolute atomic E-state index is 13.0. The van der Waals surface area contributed by atoms with Crippen molar-refractivity contribution in [2.75, 3.05) is 43.5 Å². The Kier molecular flexibility index (Phi) is 8.81. The molecule has 5 rings (SSSR count). The molecule has 42 heavy (non-hydrogen) atoms. The van der Waals surface area contributed by atoms with Gasteiger partial charge in [0.2, 0.25) is 5.95 Å². The molecule has 2 aliphatic rings. The average Bonchev–Trinajstić information content (AvgIpc) is 2.95. The number of nitrogens with zero attached hydrogens (tertiary/aromatic N) is 4. The van der Waals surface area contributed by atoms with Gasteiger partial charge >= 0.3 is 6.61 Å². The maximum Gasteiger partial charge on any atom is 0.387 e. The molecular weight excluding hydrogens is 546 g/mol. The molecule has 2 saturated heterocycles. The maximum atomic E-state index is 13.0. The summed E-state index contributed by atoms with van der Waals surface area (Å²) in [5.41, 5.74) is 3.86. The summed E-state index contributed by atoms with van der Waals surface area (Å²) in [6.45, 7) is 3.53. The van der Waals surface area contributed by atoms with Crippen molar-refractivity contribution in [3.63, 3.8) is 0 Å². The van der Waals surface area contributed by atoms with Crippen LogP contribution in [0.5, 0.6) is 5.75 Å². The molecule has 10 nitrogen and oxygen atoms in total. The molecule has 12 heteroatoms. The Morgan fingerprint density at radius 3 is 2.52 bits per heavy atom. The van der Waals surface area contributed by atoms with Crippen molar-refractivity contribution in [1.82, 2.24) is 20.2 Å². The van der Waals surface area contributed by atoms with E-state index in [2.05, 4.69) is 30.2 Å². The number of nitrogens with one attached hydrogen (secondary N) is 2. The first-order valence-electron chi connectivity index (χ1n) is 13.9. The number of halogens is 2. The van der Waals surface area contributed by atoms with Gasteiger partial charge in [0, 0.05) is 74.9 Å². The number of hydrogen-bond acceptors (Lipinski definition) is 8. The van der Waals surface area contributed by atoms with Gasteiger partial charge in [0.1, 0.15) is 11.9 Å². The lowest BCUT2D eigenvalue weighted by atomic mass is 10.0. The van der Waals surface area contributed by atoms with E-state index < -0.39 is 6.61 Å².